The van der Waals surface area contributed by atoms with Gasteiger partial charge in [0.15, 0.2) is 5.82 Å². The SMILES string of the molecule is Cc1cccc(-c2nc3s/c(=C4\C(=O)N(C)c5ccccc54)c(=O)n3n2)c1. The van der Waals surface area contributed by atoms with E-state index in [1.54, 1.807) is 11.9 Å². The van der Waals surface area contributed by atoms with Gasteiger partial charge in [-0.1, -0.05) is 53.3 Å². The number of amides is 1. The lowest BCUT2D eigenvalue weighted by Gasteiger charge is -2.07. The molecule has 0 unspecified atom stereocenters. The van der Waals surface area contributed by atoms with Crippen LogP contribution in [0.4, 0.5) is 5.69 Å². The summed E-state index contributed by atoms with van der Waals surface area (Å²) in [7, 11) is 1.71. The molecule has 6 nitrogen and oxygen atoms in total. The molecule has 0 N–H and O–H groups in total. The molecule has 2 aromatic heterocycles. The maximum Gasteiger partial charge on any atom is 0.291 e. The highest BCUT2D eigenvalue weighted by Gasteiger charge is 2.31. The van der Waals surface area contributed by atoms with E-state index in [2.05, 4.69) is 10.1 Å². The molecule has 27 heavy (non-hydrogen) atoms. The van der Waals surface area contributed by atoms with E-state index in [-0.39, 0.29) is 11.5 Å². The van der Waals surface area contributed by atoms with Crippen molar-refractivity contribution < 1.29 is 4.79 Å². The van der Waals surface area contributed by atoms with Crippen LogP contribution < -0.4 is 15.0 Å². The number of nitrogens with zero attached hydrogens (tertiary/aromatic N) is 4. The molecule has 1 aliphatic heterocycles. The van der Waals surface area contributed by atoms with Crippen molar-refractivity contribution in [3.63, 3.8) is 0 Å². The molecule has 0 spiro atoms. The fraction of sp³-hybridized carbons (Fsp3) is 0.100. The van der Waals surface area contributed by atoms with Gasteiger partial charge in [-0.2, -0.15) is 9.50 Å². The number of fused-ring (bicyclic) bond motifs is 2. The summed E-state index contributed by atoms with van der Waals surface area (Å²) in [6.45, 7) is 2.00. The van der Waals surface area contributed by atoms with Gasteiger partial charge in [0.05, 0.1) is 11.3 Å². The molecule has 5 rings (SSSR count). The van der Waals surface area contributed by atoms with Gasteiger partial charge in [0, 0.05) is 18.2 Å². The minimum Gasteiger partial charge on any atom is -0.311 e. The third-order valence-electron chi connectivity index (χ3n) is 4.71. The van der Waals surface area contributed by atoms with Crippen LogP contribution in [-0.2, 0) is 4.79 Å². The van der Waals surface area contributed by atoms with Crippen LogP contribution in [-0.4, -0.2) is 27.6 Å². The molecule has 1 aliphatic rings. The number of hydrogen-bond acceptors (Lipinski definition) is 5. The highest BCUT2D eigenvalue weighted by molar-refractivity contribution is 7.15. The van der Waals surface area contributed by atoms with Crippen LogP contribution in [0, 0.1) is 6.92 Å². The van der Waals surface area contributed by atoms with E-state index < -0.39 is 0 Å². The summed E-state index contributed by atoms with van der Waals surface area (Å²) in [6.07, 6.45) is 0. The van der Waals surface area contributed by atoms with Gasteiger partial charge in [0.2, 0.25) is 4.96 Å². The summed E-state index contributed by atoms with van der Waals surface area (Å²) in [5.41, 5.74) is 3.64. The van der Waals surface area contributed by atoms with Crippen LogP contribution in [0.15, 0.2) is 53.3 Å². The lowest BCUT2D eigenvalue weighted by Crippen LogP contribution is -2.30. The van der Waals surface area contributed by atoms with E-state index in [4.69, 9.17) is 0 Å². The number of aryl methyl sites for hydroxylation is 1. The Kier molecular flexibility index (Phi) is 3.29. The van der Waals surface area contributed by atoms with E-state index in [1.165, 1.54) is 15.9 Å². The number of aromatic nitrogens is 3. The zero-order chi connectivity index (χ0) is 18.7. The number of benzene rings is 2. The van der Waals surface area contributed by atoms with Gasteiger partial charge < -0.3 is 4.90 Å². The summed E-state index contributed by atoms with van der Waals surface area (Å²) in [4.78, 5) is 32.3. The molecule has 2 aromatic carbocycles. The third-order valence-corrected chi connectivity index (χ3v) is 5.74. The lowest BCUT2D eigenvalue weighted by molar-refractivity contribution is -0.112. The zero-order valence-corrected chi connectivity index (χ0v) is 15.4. The summed E-state index contributed by atoms with van der Waals surface area (Å²) in [5.74, 6) is 0.325. The Labute approximate surface area is 158 Å². The Morgan fingerprint density at radius 3 is 2.63 bits per heavy atom. The van der Waals surface area contributed by atoms with Gasteiger partial charge in [-0.3, -0.25) is 9.59 Å². The van der Waals surface area contributed by atoms with E-state index in [1.807, 2.05) is 55.5 Å². The van der Waals surface area contributed by atoms with Crippen LogP contribution in [0.2, 0.25) is 0 Å². The van der Waals surface area contributed by atoms with Crippen molar-refractivity contribution in [2.45, 2.75) is 6.92 Å². The monoisotopic (exact) mass is 374 g/mol. The Morgan fingerprint density at radius 2 is 1.85 bits per heavy atom. The first-order valence-electron chi connectivity index (χ1n) is 8.43. The third kappa shape index (κ3) is 2.25. The molecule has 0 saturated heterocycles. The van der Waals surface area contributed by atoms with Crippen LogP contribution >= 0.6 is 11.3 Å². The van der Waals surface area contributed by atoms with E-state index in [0.29, 0.717) is 20.9 Å². The van der Waals surface area contributed by atoms with Crippen molar-refractivity contribution in [3.05, 3.63) is 74.5 Å². The maximum absolute atomic E-state index is 13.0. The first kappa shape index (κ1) is 15.9. The highest BCUT2D eigenvalue weighted by atomic mass is 32.1. The fourth-order valence-electron chi connectivity index (χ4n) is 3.38. The summed E-state index contributed by atoms with van der Waals surface area (Å²) in [5, 5.41) is 4.38. The van der Waals surface area contributed by atoms with E-state index in [9.17, 15) is 9.59 Å². The quantitative estimate of drug-likeness (QED) is 0.511. The Morgan fingerprint density at radius 1 is 1.04 bits per heavy atom. The van der Waals surface area contributed by atoms with Gasteiger partial charge in [-0.15, -0.1) is 5.10 Å². The minimum atomic E-state index is -0.310. The number of likely N-dealkylation sites (N-methyl/N-ethyl adjacent to an activating group) is 1. The second kappa shape index (κ2) is 5.59. The molecule has 0 saturated carbocycles. The summed E-state index contributed by atoms with van der Waals surface area (Å²) < 4.78 is 1.67. The predicted octanol–water partition coefficient (Wildman–Crippen LogP) is 2.02. The lowest BCUT2D eigenvalue weighted by atomic mass is 10.1. The van der Waals surface area contributed by atoms with E-state index >= 15 is 0 Å². The van der Waals surface area contributed by atoms with Gasteiger partial charge >= 0.3 is 0 Å². The number of para-hydroxylation sites is 1. The number of hydrogen-bond donors (Lipinski definition) is 0. The molecular formula is C20H14N4O2S. The maximum atomic E-state index is 13.0. The molecular weight excluding hydrogens is 360 g/mol. The smallest absolute Gasteiger partial charge is 0.291 e. The number of thiazole rings is 1. The normalized spacial score (nSPS) is 15.6. The number of carbonyl (C=O) groups excluding carboxylic acids is 1. The average molecular weight is 374 g/mol. The molecule has 0 fully saturated rings. The first-order chi connectivity index (χ1) is 13.0. The Balaban J connectivity index is 1.76. The molecule has 4 aromatic rings. The van der Waals surface area contributed by atoms with Crippen LogP contribution in [0.1, 0.15) is 11.1 Å². The van der Waals surface area contributed by atoms with Gasteiger partial charge in [-0.05, 0) is 19.1 Å². The van der Waals surface area contributed by atoms with Crippen molar-refractivity contribution in [1.29, 1.82) is 0 Å². The second-order valence-corrected chi connectivity index (χ2v) is 7.47. The number of carbonyl (C=O) groups is 1. The topological polar surface area (TPSA) is 67.6 Å². The number of rotatable bonds is 1. The molecule has 0 radical (unpaired) electrons. The van der Waals surface area contributed by atoms with Gasteiger partial charge in [0.1, 0.15) is 4.53 Å². The van der Waals surface area contributed by atoms with Crippen LogP contribution in [0.25, 0.3) is 21.9 Å². The molecule has 0 bridgehead atoms. The van der Waals surface area contributed by atoms with E-state index in [0.717, 1.165) is 22.4 Å². The van der Waals surface area contributed by atoms with Crippen molar-refractivity contribution in [3.8, 4) is 11.4 Å². The molecule has 132 valence electrons. The zero-order valence-electron chi connectivity index (χ0n) is 14.6. The summed E-state index contributed by atoms with van der Waals surface area (Å²) in [6, 6.07) is 15.3. The molecule has 0 atom stereocenters. The average Bonchev–Trinajstić information content (AvgIpc) is 3.29. The van der Waals surface area contributed by atoms with Gasteiger partial charge in [-0.25, -0.2) is 0 Å². The molecule has 1 amide bonds. The number of anilines is 1. The molecule has 3 heterocycles. The van der Waals surface area contributed by atoms with Crippen LogP contribution in [0.5, 0.6) is 0 Å². The van der Waals surface area contributed by atoms with Crippen molar-refractivity contribution in [2.75, 3.05) is 11.9 Å². The molecule has 0 aliphatic carbocycles. The van der Waals surface area contributed by atoms with Crippen molar-refractivity contribution in [2.24, 2.45) is 0 Å². The highest BCUT2D eigenvalue weighted by Crippen LogP contribution is 2.33. The predicted molar refractivity (Wildman–Crippen MR) is 105 cm³/mol. The van der Waals surface area contributed by atoms with Crippen molar-refractivity contribution >= 4 is 33.5 Å². The van der Waals surface area contributed by atoms with Crippen molar-refractivity contribution in [1.82, 2.24) is 14.6 Å². The first-order valence-corrected chi connectivity index (χ1v) is 9.24. The van der Waals surface area contributed by atoms with Gasteiger partial charge in [0.25, 0.3) is 11.5 Å². The largest absolute Gasteiger partial charge is 0.311 e. The minimum absolute atomic E-state index is 0.184. The van der Waals surface area contributed by atoms with Crippen LogP contribution in [0.3, 0.4) is 0 Å². The second-order valence-electron chi connectivity index (χ2n) is 6.49. The molecule has 7 heteroatoms. The fourth-order valence-corrected chi connectivity index (χ4v) is 4.38. The summed E-state index contributed by atoms with van der Waals surface area (Å²) >= 11 is 1.20. The Bertz CT molecular complexity index is 1350. The Hall–Kier alpha value is -3.32. The standard InChI is InChI=1S/C20H14N4O2S/c1-11-6-5-7-12(10-11)17-21-20-24(22-17)19(26)16(27-20)15-13-8-3-4-9-14(13)23(2)18(15)25/h3-10H,1-2H3/b16-15-.